The molecule has 0 aromatic rings. The summed E-state index contributed by atoms with van der Waals surface area (Å²) in [6.45, 7) is 3.47. The van der Waals surface area contributed by atoms with E-state index in [1.165, 1.54) is 199 Å². The maximum absolute atomic E-state index is 12.8. The van der Waals surface area contributed by atoms with E-state index in [0.717, 1.165) is 38.5 Å². The number of aliphatic hydroxyl groups is 4. The zero-order valence-electron chi connectivity index (χ0n) is 42.3. The van der Waals surface area contributed by atoms with Gasteiger partial charge in [-0.15, -0.1) is 0 Å². The van der Waals surface area contributed by atoms with Gasteiger partial charge in [0.2, 0.25) is 0 Å². The fraction of sp³-hybridized carbons (Fsp3) is 0.927. The Kier molecular flexibility index (Phi) is 43.7. The van der Waals surface area contributed by atoms with Crippen LogP contribution in [-0.2, 0) is 28.5 Å². The number of unbranched alkanes of at least 4 members (excludes halogenated alkanes) is 35. The van der Waals surface area contributed by atoms with E-state index < -0.39 is 49.4 Å². The van der Waals surface area contributed by atoms with Crippen molar-refractivity contribution >= 4 is 11.9 Å². The first kappa shape index (κ1) is 61.5. The van der Waals surface area contributed by atoms with Crippen LogP contribution >= 0.6 is 0 Å². The summed E-state index contributed by atoms with van der Waals surface area (Å²) < 4.78 is 22.3. The van der Waals surface area contributed by atoms with Crippen molar-refractivity contribution in [3.63, 3.8) is 0 Å². The largest absolute Gasteiger partial charge is 0.462 e. The summed E-state index contributed by atoms with van der Waals surface area (Å²) in [4.78, 5) is 25.5. The lowest BCUT2D eigenvalue weighted by molar-refractivity contribution is -0.305. The van der Waals surface area contributed by atoms with E-state index in [1.807, 2.05) is 0 Å². The lowest BCUT2D eigenvalue weighted by atomic mass is 9.99. The predicted octanol–water partition coefficient (Wildman–Crippen LogP) is 13.5. The van der Waals surface area contributed by atoms with Crippen molar-refractivity contribution in [2.75, 3.05) is 19.8 Å². The average Bonchev–Trinajstić information content (AvgIpc) is 3.30. The lowest BCUT2D eigenvalue weighted by Crippen LogP contribution is -2.59. The number of hydrogen-bond donors (Lipinski definition) is 4. The molecule has 1 heterocycles. The molecule has 65 heavy (non-hydrogen) atoms. The topological polar surface area (TPSA) is 152 Å². The van der Waals surface area contributed by atoms with Crippen LogP contribution in [0.25, 0.3) is 0 Å². The summed E-state index contributed by atoms with van der Waals surface area (Å²) >= 11 is 0. The highest BCUT2D eigenvalue weighted by atomic mass is 16.7. The van der Waals surface area contributed by atoms with Crippen molar-refractivity contribution < 1.29 is 49.0 Å². The first-order chi connectivity index (χ1) is 31.8. The number of esters is 2. The third-order valence-corrected chi connectivity index (χ3v) is 13.2. The quantitative estimate of drug-likeness (QED) is 0.0264. The molecule has 384 valence electrons. The van der Waals surface area contributed by atoms with Crippen LogP contribution in [-0.4, -0.2) is 89.0 Å². The number of rotatable bonds is 48. The maximum atomic E-state index is 12.8. The van der Waals surface area contributed by atoms with Crippen LogP contribution in [0.15, 0.2) is 12.2 Å². The van der Waals surface area contributed by atoms with Crippen molar-refractivity contribution in [2.24, 2.45) is 0 Å². The van der Waals surface area contributed by atoms with Crippen LogP contribution < -0.4 is 0 Å². The summed E-state index contributed by atoms with van der Waals surface area (Å²) in [5.74, 6) is -0.791. The highest BCUT2D eigenvalue weighted by molar-refractivity contribution is 5.70. The second-order valence-electron chi connectivity index (χ2n) is 19.4. The monoisotopic (exact) mass is 925 g/mol. The van der Waals surface area contributed by atoms with Crippen molar-refractivity contribution in [1.82, 2.24) is 0 Å². The minimum Gasteiger partial charge on any atom is -0.462 e. The van der Waals surface area contributed by atoms with Gasteiger partial charge in [-0.05, 0) is 38.5 Å². The molecule has 6 atom stereocenters. The van der Waals surface area contributed by atoms with Crippen molar-refractivity contribution in [3.8, 4) is 0 Å². The van der Waals surface area contributed by atoms with Gasteiger partial charge < -0.3 is 39.4 Å². The molecule has 0 spiro atoms. The molecule has 1 rings (SSSR count). The third kappa shape index (κ3) is 37.1. The summed E-state index contributed by atoms with van der Waals surface area (Å²) in [7, 11) is 0. The van der Waals surface area contributed by atoms with E-state index in [1.54, 1.807) is 0 Å². The number of aliphatic hydroxyl groups excluding tert-OH is 4. The van der Waals surface area contributed by atoms with Crippen LogP contribution in [0.4, 0.5) is 0 Å². The molecule has 4 N–H and O–H groups in total. The van der Waals surface area contributed by atoms with Gasteiger partial charge in [0.15, 0.2) is 12.4 Å². The molecule has 0 aromatic carbocycles. The zero-order valence-corrected chi connectivity index (χ0v) is 42.3. The molecule has 0 bridgehead atoms. The Balaban J connectivity index is 2.19. The molecule has 2 unspecified atom stereocenters. The summed E-state index contributed by atoms with van der Waals surface area (Å²) in [6.07, 6.45) is 45.1. The Labute approximate surface area is 399 Å². The minimum absolute atomic E-state index is 0.212. The molecule has 0 radical (unpaired) electrons. The van der Waals surface area contributed by atoms with Gasteiger partial charge in [0.05, 0.1) is 13.2 Å². The molecule has 0 aliphatic carbocycles. The van der Waals surface area contributed by atoms with Crippen LogP contribution in [0.5, 0.6) is 0 Å². The lowest BCUT2D eigenvalue weighted by Gasteiger charge is -2.39. The van der Waals surface area contributed by atoms with Crippen LogP contribution in [0.2, 0.25) is 0 Å². The van der Waals surface area contributed by atoms with E-state index in [4.69, 9.17) is 18.9 Å². The van der Waals surface area contributed by atoms with Gasteiger partial charge in [0.1, 0.15) is 31.0 Å². The fourth-order valence-electron chi connectivity index (χ4n) is 8.77. The average molecular weight is 925 g/mol. The zero-order chi connectivity index (χ0) is 47.3. The Hall–Kier alpha value is -1.56. The highest BCUT2D eigenvalue weighted by Crippen LogP contribution is 2.23. The van der Waals surface area contributed by atoms with Gasteiger partial charge in [0, 0.05) is 12.8 Å². The SMILES string of the molecule is CCCCCC/C=C/CCCCCCCCCCCC(=O)O[C@@H](COC(=O)CCCCCCCCCCCCCCCCCCCCCCCCC)CO[C@H]1O[C@@H](CO)[C@@H](O)C(O)C1O. The Bertz CT molecular complexity index is 1070. The fourth-order valence-corrected chi connectivity index (χ4v) is 8.77. The minimum atomic E-state index is -1.59. The molecule has 10 heteroatoms. The number of carbonyl (C=O) groups excluding carboxylic acids is 2. The number of ether oxygens (including phenoxy) is 4. The van der Waals surface area contributed by atoms with Gasteiger partial charge in [0.25, 0.3) is 0 Å². The van der Waals surface area contributed by atoms with Crippen LogP contribution in [0.1, 0.15) is 271 Å². The maximum Gasteiger partial charge on any atom is 0.306 e. The highest BCUT2D eigenvalue weighted by Gasteiger charge is 2.44. The summed E-state index contributed by atoms with van der Waals surface area (Å²) in [5.41, 5.74) is 0. The Morgan fingerprint density at radius 1 is 0.462 bits per heavy atom. The number of hydrogen-bond acceptors (Lipinski definition) is 10. The molecule has 10 nitrogen and oxygen atoms in total. The smallest absolute Gasteiger partial charge is 0.306 e. The Morgan fingerprint density at radius 2 is 0.815 bits per heavy atom. The second kappa shape index (κ2) is 46.2. The van der Waals surface area contributed by atoms with E-state index in [0.29, 0.717) is 6.42 Å². The van der Waals surface area contributed by atoms with E-state index in [-0.39, 0.29) is 32.0 Å². The molecular weight excluding hydrogens is 821 g/mol. The first-order valence-corrected chi connectivity index (χ1v) is 27.8. The molecule has 0 saturated carbocycles. The molecule has 1 aliphatic heterocycles. The van der Waals surface area contributed by atoms with Crippen molar-refractivity contribution in [3.05, 3.63) is 12.2 Å². The van der Waals surface area contributed by atoms with Crippen molar-refractivity contribution in [1.29, 1.82) is 0 Å². The molecule has 1 aliphatic rings. The van der Waals surface area contributed by atoms with Gasteiger partial charge >= 0.3 is 11.9 Å². The molecule has 0 amide bonds. The van der Waals surface area contributed by atoms with E-state index in [9.17, 15) is 30.0 Å². The van der Waals surface area contributed by atoms with Gasteiger partial charge in [-0.3, -0.25) is 9.59 Å². The van der Waals surface area contributed by atoms with Gasteiger partial charge in [-0.1, -0.05) is 231 Å². The number of allylic oxidation sites excluding steroid dienone is 2. The normalized spacial score (nSPS) is 19.3. The molecular formula is C55H104O10. The van der Waals surface area contributed by atoms with Gasteiger partial charge in [-0.25, -0.2) is 0 Å². The standard InChI is InChI=1S/C55H104O10/c1-3-5-7-9-11-13-15-17-19-21-22-23-24-25-26-28-29-31-33-35-37-39-41-43-50(57)62-46-48(47-63-55-54(61)53(60)52(59)49(45-56)65-55)64-51(58)44-42-40-38-36-34-32-30-27-20-18-16-14-12-10-8-6-4-2/h14,16,48-49,52-56,59-61H,3-13,15,17-47H2,1-2H3/b16-14+/t48-,49-,52+,53?,54?,55-/m0/s1. The molecule has 1 saturated heterocycles. The number of carbonyl (C=O) groups is 2. The van der Waals surface area contributed by atoms with E-state index in [2.05, 4.69) is 26.0 Å². The third-order valence-electron chi connectivity index (χ3n) is 13.2. The second-order valence-corrected chi connectivity index (χ2v) is 19.4. The first-order valence-electron chi connectivity index (χ1n) is 27.8. The molecule has 1 fully saturated rings. The molecule has 0 aromatic heterocycles. The van der Waals surface area contributed by atoms with Crippen molar-refractivity contribution in [2.45, 2.75) is 307 Å². The van der Waals surface area contributed by atoms with E-state index >= 15 is 0 Å². The van der Waals surface area contributed by atoms with Gasteiger partial charge in [-0.2, -0.15) is 0 Å². The van der Waals surface area contributed by atoms with Crippen LogP contribution in [0.3, 0.4) is 0 Å². The summed E-state index contributed by atoms with van der Waals surface area (Å²) in [5, 5.41) is 40.2. The van der Waals surface area contributed by atoms with Crippen LogP contribution in [0, 0.1) is 0 Å². The predicted molar refractivity (Wildman–Crippen MR) is 266 cm³/mol. The Morgan fingerprint density at radius 3 is 1.22 bits per heavy atom. The summed E-state index contributed by atoms with van der Waals surface area (Å²) in [6, 6.07) is 0.